The van der Waals surface area contributed by atoms with E-state index in [1.165, 1.54) is 25.7 Å². The molecule has 3 heteroatoms. The molecule has 1 aliphatic rings. The number of aromatic nitrogens is 2. The highest BCUT2D eigenvalue weighted by Crippen LogP contribution is 2.33. The van der Waals surface area contributed by atoms with Crippen molar-refractivity contribution in [2.45, 2.75) is 45.1 Å². The van der Waals surface area contributed by atoms with Crippen LogP contribution in [0.4, 0.5) is 0 Å². The molecule has 1 fully saturated rings. The predicted molar refractivity (Wildman–Crippen MR) is 56.9 cm³/mol. The number of H-pyrrole nitrogens is 1. The summed E-state index contributed by atoms with van der Waals surface area (Å²) in [5, 5.41) is 0. The van der Waals surface area contributed by atoms with Gasteiger partial charge in [-0.1, -0.05) is 19.8 Å². The third kappa shape index (κ3) is 1.98. The number of imidazole rings is 1. The standard InChI is InChI=1S/C11H19N3/c1-8-2-4-9(5-3-8)11-13-7-10(6-12)14-11/h7-9H,2-6,12H2,1H3,(H,13,14). The van der Waals surface area contributed by atoms with E-state index in [0.717, 1.165) is 17.4 Å². The van der Waals surface area contributed by atoms with Gasteiger partial charge in [0.2, 0.25) is 0 Å². The molecule has 1 heterocycles. The van der Waals surface area contributed by atoms with Gasteiger partial charge in [0, 0.05) is 24.4 Å². The summed E-state index contributed by atoms with van der Waals surface area (Å²) in [7, 11) is 0. The van der Waals surface area contributed by atoms with Gasteiger partial charge < -0.3 is 10.7 Å². The summed E-state index contributed by atoms with van der Waals surface area (Å²) in [5.74, 6) is 2.69. The second kappa shape index (κ2) is 4.13. The molecule has 78 valence electrons. The summed E-state index contributed by atoms with van der Waals surface area (Å²) in [6, 6.07) is 0. The monoisotopic (exact) mass is 193 g/mol. The van der Waals surface area contributed by atoms with E-state index in [1.54, 1.807) is 0 Å². The van der Waals surface area contributed by atoms with Crippen LogP contribution in [0.3, 0.4) is 0 Å². The van der Waals surface area contributed by atoms with Gasteiger partial charge in [0.05, 0.1) is 0 Å². The van der Waals surface area contributed by atoms with Crippen molar-refractivity contribution < 1.29 is 0 Å². The van der Waals surface area contributed by atoms with Crippen LogP contribution in [-0.4, -0.2) is 9.97 Å². The van der Waals surface area contributed by atoms with Gasteiger partial charge in [0.25, 0.3) is 0 Å². The lowest BCUT2D eigenvalue weighted by atomic mass is 9.83. The van der Waals surface area contributed by atoms with Gasteiger partial charge >= 0.3 is 0 Å². The Balaban J connectivity index is 2.01. The second-order valence-corrected chi connectivity index (χ2v) is 4.45. The summed E-state index contributed by atoms with van der Waals surface area (Å²) in [5.41, 5.74) is 6.60. The molecule has 3 N–H and O–H groups in total. The molecule has 2 rings (SSSR count). The Morgan fingerprint density at radius 1 is 1.43 bits per heavy atom. The first-order valence-electron chi connectivity index (χ1n) is 5.53. The molecule has 1 saturated carbocycles. The highest BCUT2D eigenvalue weighted by atomic mass is 14.9. The maximum Gasteiger partial charge on any atom is 0.109 e. The van der Waals surface area contributed by atoms with Crippen LogP contribution < -0.4 is 5.73 Å². The molecule has 0 spiro atoms. The van der Waals surface area contributed by atoms with Crippen molar-refractivity contribution in [3.8, 4) is 0 Å². The number of nitrogens with two attached hydrogens (primary N) is 1. The minimum absolute atomic E-state index is 0.566. The summed E-state index contributed by atoms with van der Waals surface area (Å²) in [6.45, 7) is 2.90. The normalized spacial score (nSPS) is 27.9. The lowest BCUT2D eigenvalue weighted by molar-refractivity contribution is 0.340. The Labute approximate surface area is 85.1 Å². The van der Waals surface area contributed by atoms with Crippen molar-refractivity contribution in [3.63, 3.8) is 0 Å². The van der Waals surface area contributed by atoms with E-state index in [0.29, 0.717) is 12.5 Å². The maximum atomic E-state index is 5.54. The quantitative estimate of drug-likeness (QED) is 0.756. The maximum absolute atomic E-state index is 5.54. The molecule has 14 heavy (non-hydrogen) atoms. The van der Waals surface area contributed by atoms with Crippen LogP contribution in [0.2, 0.25) is 0 Å². The summed E-state index contributed by atoms with van der Waals surface area (Å²) >= 11 is 0. The number of hydrogen-bond acceptors (Lipinski definition) is 2. The first kappa shape index (κ1) is 9.71. The lowest BCUT2D eigenvalue weighted by Gasteiger charge is -2.24. The van der Waals surface area contributed by atoms with E-state index >= 15 is 0 Å². The fraction of sp³-hybridized carbons (Fsp3) is 0.727. The molecule has 1 aliphatic carbocycles. The van der Waals surface area contributed by atoms with Gasteiger partial charge in [-0.05, 0) is 18.8 Å². The predicted octanol–water partition coefficient (Wildman–Crippen LogP) is 2.16. The first-order valence-corrected chi connectivity index (χ1v) is 5.53. The average Bonchev–Trinajstić information content (AvgIpc) is 2.67. The molecular weight excluding hydrogens is 174 g/mol. The third-order valence-corrected chi connectivity index (χ3v) is 3.27. The molecule has 1 aromatic rings. The van der Waals surface area contributed by atoms with Crippen LogP contribution in [-0.2, 0) is 6.54 Å². The first-order chi connectivity index (χ1) is 6.79. The molecule has 0 saturated heterocycles. The van der Waals surface area contributed by atoms with Gasteiger partial charge in [-0.25, -0.2) is 4.98 Å². The number of rotatable bonds is 2. The highest BCUT2D eigenvalue weighted by Gasteiger charge is 2.21. The van der Waals surface area contributed by atoms with Gasteiger partial charge in [0.15, 0.2) is 0 Å². The number of nitrogens with one attached hydrogen (secondary N) is 1. The van der Waals surface area contributed by atoms with Crippen LogP contribution in [0, 0.1) is 5.92 Å². The van der Waals surface area contributed by atoms with Crippen LogP contribution in [0.5, 0.6) is 0 Å². The van der Waals surface area contributed by atoms with Crippen LogP contribution >= 0.6 is 0 Å². The molecule has 0 bridgehead atoms. The van der Waals surface area contributed by atoms with Gasteiger partial charge in [-0.15, -0.1) is 0 Å². The van der Waals surface area contributed by atoms with Crippen LogP contribution in [0.25, 0.3) is 0 Å². The Morgan fingerprint density at radius 3 is 2.71 bits per heavy atom. The molecule has 0 unspecified atom stereocenters. The van der Waals surface area contributed by atoms with E-state index in [4.69, 9.17) is 5.73 Å². The van der Waals surface area contributed by atoms with Crippen molar-refractivity contribution in [2.24, 2.45) is 11.7 Å². The minimum atomic E-state index is 0.566. The molecule has 3 nitrogen and oxygen atoms in total. The van der Waals surface area contributed by atoms with Crippen LogP contribution in [0.1, 0.15) is 50.0 Å². The average molecular weight is 193 g/mol. The van der Waals surface area contributed by atoms with Crippen molar-refractivity contribution >= 4 is 0 Å². The Hall–Kier alpha value is -0.830. The van der Waals surface area contributed by atoms with E-state index in [1.807, 2.05) is 6.20 Å². The molecule has 0 atom stereocenters. The third-order valence-electron chi connectivity index (χ3n) is 3.27. The molecule has 0 aliphatic heterocycles. The Kier molecular flexibility index (Phi) is 2.87. The SMILES string of the molecule is CC1CCC(c2ncc(CN)[nH]2)CC1. The number of hydrogen-bond donors (Lipinski definition) is 2. The molecule has 0 radical (unpaired) electrons. The van der Waals surface area contributed by atoms with Crippen molar-refractivity contribution in [2.75, 3.05) is 0 Å². The zero-order chi connectivity index (χ0) is 9.97. The number of nitrogens with zero attached hydrogens (tertiary/aromatic N) is 1. The lowest BCUT2D eigenvalue weighted by Crippen LogP contribution is -2.12. The van der Waals surface area contributed by atoms with Gasteiger partial charge in [-0.2, -0.15) is 0 Å². The highest BCUT2D eigenvalue weighted by molar-refractivity contribution is 5.06. The van der Waals surface area contributed by atoms with Gasteiger partial charge in [0.1, 0.15) is 5.82 Å². The smallest absolute Gasteiger partial charge is 0.109 e. The largest absolute Gasteiger partial charge is 0.345 e. The zero-order valence-electron chi connectivity index (χ0n) is 8.79. The fourth-order valence-electron chi connectivity index (χ4n) is 2.22. The van der Waals surface area contributed by atoms with E-state index in [-0.39, 0.29) is 0 Å². The molecular formula is C11H19N3. The van der Waals surface area contributed by atoms with E-state index in [2.05, 4.69) is 16.9 Å². The summed E-state index contributed by atoms with van der Waals surface area (Å²) in [4.78, 5) is 7.71. The topological polar surface area (TPSA) is 54.7 Å². The van der Waals surface area contributed by atoms with Gasteiger partial charge in [-0.3, -0.25) is 0 Å². The Bertz CT molecular complexity index is 284. The summed E-state index contributed by atoms with van der Waals surface area (Å²) < 4.78 is 0. The Morgan fingerprint density at radius 2 is 2.14 bits per heavy atom. The molecule has 0 aromatic carbocycles. The van der Waals surface area contributed by atoms with Crippen molar-refractivity contribution in [1.82, 2.24) is 9.97 Å². The zero-order valence-corrected chi connectivity index (χ0v) is 8.79. The van der Waals surface area contributed by atoms with E-state index in [9.17, 15) is 0 Å². The van der Waals surface area contributed by atoms with Crippen molar-refractivity contribution in [3.05, 3.63) is 17.7 Å². The van der Waals surface area contributed by atoms with Crippen LogP contribution in [0.15, 0.2) is 6.20 Å². The van der Waals surface area contributed by atoms with E-state index < -0.39 is 0 Å². The minimum Gasteiger partial charge on any atom is -0.345 e. The number of aromatic amines is 1. The molecule has 1 aromatic heterocycles. The van der Waals surface area contributed by atoms with Crippen molar-refractivity contribution in [1.29, 1.82) is 0 Å². The fourth-order valence-corrected chi connectivity index (χ4v) is 2.22. The molecule has 0 amide bonds. The summed E-state index contributed by atoms with van der Waals surface area (Å²) in [6.07, 6.45) is 7.09. The second-order valence-electron chi connectivity index (χ2n) is 4.45.